The van der Waals surface area contributed by atoms with E-state index in [2.05, 4.69) is 25.5 Å². The number of amides is 1. The zero-order valence-corrected chi connectivity index (χ0v) is 9.75. The summed E-state index contributed by atoms with van der Waals surface area (Å²) in [5.41, 5.74) is 5.57. The van der Waals surface area contributed by atoms with E-state index in [0.717, 1.165) is 0 Å². The molecule has 88 valence electrons. The van der Waals surface area contributed by atoms with Gasteiger partial charge in [0.25, 0.3) is 5.91 Å². The Morgan fingerprint density at radius 1 is 1.35 bits per heavy atom. The number of aromatic nitrogens is 4. The summed E-state index contributed by atoms with van der Waals surface area (Å²) in [7, 11) is 0. The van der Waals surface area contributed by atoms with Gasteiger partial charge in [0.1, 0.15) is 22.5 Å². The number of nitrogens with zero attached hydrogens (tertiary/aromatic N) is 3. The Kier molecular flexibility index (Phi) is 3.12. The maximum Gasteiger partial charge on any atom is 0.274 e. The van der Waals surface area contributed by atoms with Crippen molar-refractivity contribution in [3.8, 4) is 0 Å². The summed E-state index contributed by atoms with van der Waals surface area (Å²) in [5, 5.41) is 8.62. The smallest absolute Gasteiger partial charge is 0.274 e. The summed E-state index contributed by atoms with van der Waals surface area (Å²) in [6.45, 7) is 0. The highest BCUT2D eigenvalue weighted by molar-refractivity contribution is 6.32. The molecule has 2 aromatic heterocycles. The second kappa shape index (κ2) is 4.56. The molecule has 0 radical (unpaired) electrons. The second-order valence-corrected chi connectivity index (χ2v) is 3.73. The van der Waals surface area contributed by atoms with E-state index in [4.69, 9.17) is 28.9 Å². The number of halogens is 2. The topological polar surface area (TPSA) is 110 Å². The molecule has 0 saturated heterocycles. The Balaban J connectivity index is 2.18. The van der Waals surface area contributed by atoms with Crippen LogP contribution in [0.15, 0.2) is 12.1 Å². The lowest BCUT2D eigenvalue weighted by molar-refractivity contribution is 0.102. The monoisotopic (exact) mass is 272 g/mol. The lowest BCUT2D eigenvalue weighted by Gasteiger charge is -2.02. The fourth-order valence-electron chi connectivity index (χ4n) is 1.09. The van der Waals surface area contributed by atoms with Crippen molar-refractivity contribution in [1.82, 2.24) is 20.2 Å². The summed E-state index contributed by atoms with van der Waals surface area (Å²) in [6.07, 6.45) is 0. The quantitative estimate of drug-likeness (QED) is 0.565. The van der Waals surface area contributed by atoms with Crippen LogP contribution in [0.25, 0.3) is 0 Å². The summed E-state index contributed by atoms with van der Waals surface area (Å²) in [5.74, 6) is -0.0536. The molecule has 0 bridgehead atoms. The molecule has 0 aliphatic heterocycles. The van der Waals surface area contributed by atoms with Gasteiger partial charge >= 0.3 is 0 Å². The molecule has 0 aliphatic rings. The summed E-state index contributed by atoms with van der Waals surface area (Å²) in [6, 6.07) is 2.75. The van der Waals surface area contributed by atoms with Gasteiger partial charge in [-0.15, -0.1) is 0 Å². The normalized spacial score (nSPS) is 10.2. The zero-order valence-electron chi connectivity index (χ0n) is 8.24. The number of nitrogens with two attached hydrogens (primary N) is 1. The Morgan fingerprint density at radius 2 is 2.12 bits per heavy atom. The van der Waals surface area contributed by atoms with Gasteiger partial charge in [0.05, 0.1) is 0 Å². The number of anilines is 2. The SMILES string of the molecule is Nc1cc(C(=O)Nc2cc(Cl)nc(Cl)n2)[nH]n1. The third-order valence-corrected chi connectivity index (χ3v) is 2.11. The number of nitrogens with one attached hydrogen (secondary N) is 2. The summed E-state index contributed by atoms with van der Waals surface area (Å²) < 4.78 is 0. The van der Waals surface area contributed by atoms with Crippen molar-refractivity contribution in [1.29, 1.82) is 0 Å². The largest absolute Gasteiger partial charge is 0.382 e. The van der Waals surface area contributed by atoms with Crippen molar-refractivity contribution in [3.63, 3.8) is 0 Å². The molecule has 17 heavy (non-hydrogen) atoms. The maximum absolute atomic E-state index is 11.7. The van der Waals surface area contributed by atoms with Crippen LogP contribution in [0, 0.1) is 0 Å². The van der Waals surface area contributed by atoms with Gasteiger partial charge in [0.15, 0.2) is 0 Å². The van der Waals surface area contributed by atoms with Crippen LogP contribution in [0.1, 0.15) is 10.5 Å². The lowest BCUT2D eigenvalue weighted by atomic mass is 10.4. The first kappa shape index (κ1) is 11.6. The molecule has 0 aliphatic carbocycles. The number of H-pyrrole nitrogens is 1. The van der Waals surface area contributed by atoms with Crippen LogP contribution >= 0.6 is 23.2 Å². The van der Waals surface area contributed by atoms with Crippen LogP contribution in [0.3, 0.4) is 0 Å². The predicted octanol–water partition coefficient (Wildman–Crippen LogP) is 1.34. The molecule has 2 aromatic rings. The molecule has 0 unspecified atom stereocenters. The molecule has 0 spiro atoms. The lowest BCUT2D eigenvalue weighted by Crippen LogP contribution is -2.13. The second-order valence-electron chi connectivity index (χ2n) is 3.01. The van der Waals surface area contributed by atoms with E-state index in [1.54, 1.807) is 0 Å². The minimum atomic E-state index is -0.458. The number of rotatable bonds is 2. The molecule has 0 aromatic carbocycles. The molecule has 0 saturated carbocycles. The highest BCUT2D eigenvalue weighted by Crippen LogP contribution is 2.15. The van der Waals surface area contributed by atoms with Gasteiger partial charge in [0, 0.05) is 12.1 Å². The Morgan fingerprint density at radius 3 is 2.71 bits per heavy atom. The van der Waals surface area contributed by atoms with E-state index < -0.39 is 5.91 Å². The van der Waals surface area contributed by atoms with Crippen molar-refractivity contribution in [3.05, 3.63) is 28.3 Å². The molecule has 2 heterocycles. The van der Waals surface area contributed by atoms with E-state index in [-0.39, 0.29) is 27.8 Å². The van der Waals surface area contributed by atoms with E-state index >= 15 is 0 Å². The van der Waals surface area contributed by atoms with Gasteiger partial charge in [0.2, 0.25) is 5.28 Å². The number of hydrogen-bond acceptors (Lipinski definition) is 5. The predicted molar refractivity (Wildman–Crippen MR) is 63.0 cm³/mol. The summed E-state index contributed by atoms with van der Waals surface area (Å²) >= 11 is 11.2. The van der Waals surface area contributed by atoms with Gasteiger partial charge in [-0.1, -0.05) is 11.6 Å². The van der Waals surface area contributed by atoms with Crippen LogP contribution in [0.5, 0.6) is 0 Å². The van der Waals surface area contributed by atoms with Crippen LogP contribution < -0.4 is 11.1 Å². The number of nitrogen functional groups attached to an aromatic ring is 1. The summed E-state index contributed by atoms with van der Waals surface area (Å²) in [4.78, 5) is 19.1. The standard InChI is InChI=1S/C8H6Cl2N6O/c9-4-2-6(14-8(10)12-4)13-7(17)3-1-5(11)16-15-3/h1-2H,(H3,11,15,16)(H,12,13,14,17). The molecule has 7 nitrogen and oxygen atoms in total. The number of hydrogen-bond donors (Lipinski definition) is 3. The van der Waals surface area contributed by atoms with Gasteiger partial charge in [-0.3, -0.25) is 9.89 Å². The van der Waals surface area contributed by atoms with Crippen molar-refractivity contribution >= 4 is 40.7 Å². The molecule has 4 N–H and O–H groups in total. The maximum atomic E-state index is 11.7. The van der Waals surface area contributed by atoms with E-state index in [1.165, 1.54) is 12.1 Å². The molecule has 1 amide bonds. The van der Waals surface area contributed by atoms with Gasteiger partial charge in [-0.2, -0.15) is 5.10 Å². The van der Waals surface area contributed by atoms with E-state index in [1.807, 2.05) is 0 Å². The van der Waals surface area contributed by atoms with Gasteiger partial charge < -0.3 is 11.1 Å². The molecule has 9 heteroatoms. The molecular weight excluding hydrogens is 267 g/mol. The average molecular weight is 273 g/mol. The fourth-order valence-corrected chi connectivity index (χ4v) is 1.50. The molecule has 2 rings (SSSR count). The molecule has 0 fully saturated rings. The average Bonchev–Trinajstić information content (AvgIpc) is 2.63. The number of aromatic amines is 1. The first-order valence-electron chi connectivity index (χ1n) is 4.37. The third-order valence-electron chi connectivity index (χ3n) is 1.75. The third kappa shape index (κ3) is 2.83. The first-order chi connectivity index (χ1) is 8.04. The minimum Gasteiger partial charge on any atom is -0.382 e. The van der Waals surface area contributed by atoms with Crippen molar-refractivity contribution < 1.29 is 4.79 Å². The molecule has 0 atom stereocenters. The molecular formula is C8H6Cl2N6O. The van der Waals surface area contributed by atoms with Gasteiger partial charge in [-0.25, -0.2) is 9.97 Å². The van der Waals surface area contributed by atoms with Crippen LogP contribution in [0.4, 0.5) is 11.6 Å². The highest BCUT2D eigenvalue weighted by Gasteiger charge is 2.10. The fraction of sp³-hybridized carbons (Fsp3) is 0. The zero-order chi connectivity index (χ0) is 12.4. The van der Waals surface area contributed by atoms with Crippen molar-refractivity contribution in [2.75, 3.05) is 11.1 Å². The van der Waals surface area contributed by atoms with Crippen LogP contribution in [-0.2, 0) is 0 Å². The van der Waals surface area contributed by atoms with Crippen LogP contribution in [-0.4, -0.2) is 26.1 Å². The minimum absolute atomic E-state index is 0.0584. The van der Waals surface area contributed by atoms with E-state index in [9.17, 15) is 4.79 Å². The Labute approximate surface area is 105 Å². The highest BCUT2D eigenvalue weighted by atomic mass is 35.5. The van der Waals surface area contributed by atoms with Crippen molar-refractivity contribution in [2.24, 2.45) is 0 Å². The number of carbonyl (C=O) groups is 1. The van der Waals surface area contributed by atoms with Gasteiger partial charge in [-0.05, 0) is 11.6 Å². The Hall–Kier alpha value is -1.86. The van der Waals surface area contributed by atoms with E-state index in [0.29, 0.717) is 0 Å². The first-order valence-corrected chi connectivity index (χ1v) is 5.12. The Bertz CT molecular complexity index is 549. The number of carbonyl (C=O) groups excluding carboxylic acids is 1. The van der Waals surface area contributed by atoms with Crippen LogP contribution in [0.2, 0.25) is 10.4 Å². The van der Waals surface area contributed by atoms with Crippen molar-refractivity contribution in [2.45, 2.75) is 0 Å².